The van der Waals surface area contributed by atoms with Crippen molar-refractivity contribution in [1.29, 1.82) is 0 Å². The number of pyridine rings is 1. The molecule has 5 heteroatoms. The molecule has 0 unspecified atom stereocenters. The zero-order chi connectivity index (χ0) is 13.0. The van der Waals surface area contributed by atoms with Gasteiger partial charge in [0.05, 0.1) is 5.69 Å². The summed E-state index contributed by atoms with van der Waals surface area (Å²) in [6.07, 6.45) is 0. The molecule has 0 saturated heterocycles. The number of fused-ring (bicyclic) bond motifs is 3. The molecule has 3 rings (SSSR count). The van der Waals surface area contributed by atoms with Crippen LogP contribution in [0.1, 0.15) is 36.8 Å². The molecule has 0 radical (unpaired) electrons. The number of aromatic nitrogens is 5. The minimum atomic E-state index is 0.334. The van der Waals surface area contributed by atoms with Crippen molar-refractivity contribution >= 4 is 16.7 Å². The molecule has 3 heterocycles. The van der Waals surface area contributed by atoms with Gasteiger partial charge < -0.3 is 0 Å². The Morgan fingerprint density at radius 3 is 2.56 bits per heavy atom. The third-order valence-corrected chi connectivity index (χ3v) is 3.37. The maximum absolute atomic E-state index is 4.52. The predicted molar refractivity (Wildman–Crippen MR) is 70.8 cm³/mol. The molecule has 0 spiro atoms. The highest BCUT2D eigenvalue weighted by atomic mass is 15.3. The van der Waals surface area contributed by atoms with Gasteiger partial charge in [0, 0.05) is 18.4 Å². The van der Waals surface area contributed by atoms with Gasteiger partial charge in [-0.3, -0.25) is 9.08 Å². The lowest BCUT2D eigenvalue weighted by molar-refractivity contribution is 0.734. The van der Waals surface area contributed by atoms with E-state index in [1.54, 1.807) is 0 Å². The lowest BCUT2D eigenvalue weighted by Gasteiger charge is -2.07. The molecule has 0 aliphatic rings. The van der Waals surface area contributed by atoms with Gasteiger partial charge in [0.25, 0.3) is 0 Å². The second-order valence-electron chi connectivity index (χ2n) is 5.14. The topological polar surface area (TPSA) is 48.0 Å². The largest absolute Gasteiger partial charge is 0.262 e. The van der Waals surface area contributed by atoms with Crippen molar-refractivity contribution in [1.82, 2.24) is 24.4 Å². The van der Waals surface area contributed by atoms with Crippen molar-refractivity contribution < 1.29 is 0 Å². The Morgan fingerprint density at radius 1 is 1.17 bits per heavy atom. The fourth-order valence-corrected chi connectivity index (χ4v) is 2.62. The monoisotopic (exact) mass is 243 g/mol. The summed E-state index contributed by atoms with van der Waals surface area (Å²) < 4.78 is 4.03. The van der Waals surface area contributed by atoms with Crippen LogP contribution in [0.15, 0.2) is 6.07 Å². The molecule has 0 fully saturated rings. The number of rotatable bonds is 1. The van der Waals surface area contributed by atoms with Crippen LogP contribution in [-0.4, -0.2) is 24.4 Å². The van der Waals surface area contributed by atoms with Gasteiger partial charge in [0.15, 0.2) is 5.65 Å². The van der Waals surface area contributed by atoms with Crippen molar-refractivity contribution in [3.8, 4) is 0 Å². The van der Waals surface area contributed by atoms with E-state index in [1.165, 1.54) is 10.9 Å². The van der Waals surface area contributed by atoms with Crippen molar-refractivity contribution in [2.45, 2.75) is 33.6 Å². The molecule has 18 heavy (non-hydrogen) atoms. The molecule has 94 valence electrons. The highest BCUT2D eigenvalue weighted by molar-refractivity contribution is 5.85. The van der Waals surface area contributed by atoms with Gasteiger partial charge in [-0.15, -0.1) is 10.2 Å². The fourth-order valence-electron chi connectivity index (χ4n) is 2.62. The Bertz CT molecular complexity index is 748. The molecule has 0 N–H and O–H groups in total. The lowest BCUT2D eigenvalue weighted by Crippen LogP contribution is -2.03. The highest BCUT2D eigenvalue weighted by Crippen LogP contribution is 2.26. The number of nitrogens with zero attached hydrogens (tertiary/aromatic N) is 5. The minimum absolute atomic E-state index is 0.334. The van der Waals surface area contributed by atoms with Gasteiger partial charge in [-0.1, -0.05) is 13.8 Å². The lowest BCUT2D eigenvalue weighted by atomic mass is 10.1. The van der Waals surface area contributed by atoms with Crippen LogP contribution >= 0.6 is 0 Å². The summed E-state index contributed by atoms with van der Waals surface area (Å²) in [6.45, 7) is 8.40. The number of aryl methyl sites for hydroxylation is 3. The summed E-state index contributed by atoms with van der Waals surface area (Å²) in [5.74, 6) is 1.32. The van der Waals surface area contributed by atoms with Gasteiger partial charge in [-0.05, 0) is 25.5 Å². The summed E-state index contributed by atoms with van der Waals surface area (Å²) in [4.78, 5) is 0. The average molecular weight is 243 g/mol. The van der Waals surface area contributed by atoms with Crippen LogP contribution in [0.3, 0.4) is 0 Å². The molecule has 3 aromatic heterocycles. The Balaban J connectivity index is 2.61. The molecular formula is C13H17N5. The van der Waals surface area contributed by atoms with Gasteiger partial charge in [-0.25, -0.2) is 0 Å². The van der Waals surface area contributed by atoms with Crippen LogP contribution in [0.2, 0.25) is 0 Å². The van der Waals surface area contributed by atoms with Crippen LogP contribution < -0.4 is 0 Å². The minimum Gasteiger partial charge on any atom is -0.262 e. The zero-order valence-electron chi connectivity index (χ0n) is 11.4. The molecule has 0 atom stereocenters. The van der Waals surface area contributed by atoms with Crippen LogP contribution in [0.4, 0.5) is 0 Å². The fraction of sp³-hybridized carbons (Fsp3) is 0.462. The summed E-state index contributed by atoms with van der Waals surface area (Å²) in [6, 6.07) is 2.08. The summed E-state index contributed by atoms with van der Waals surface area (Å²) in [7, 11) is 1.97. The maximum Gasteiger partial charge on any atom is 0.162 e. The van der Waals surface area contributed by atoms with Gasteiger partial charge in [0.2, 0.25) is 0 Å². The van der Waals surface area contributed by atoms with Crippen LogP contribution in [-0.2, 0) is 7.05 Å². The Hall–Kier alpha value is -1.91. The molecule has 3 aromatic rings. The van der Waals surface area contributed by atoms with E-state index < -0.39 is 0 Å². The number of hydrogen-bond donors (Lipinski definition) is 0. The van der Waals surface area contributed by atoms with Gasteiger partial charge in [0.1, 0.15) is 11.5 Å². The summed E-state index contributed by atoms with van der Waals surface area (Å²) >= 11 is 0. The first-order chi connectivity index (χ1) is 8.50. The SMILES string of the molecule is Cc1cc2nnc(C(C)C)n2c2c1c(C)nn2C. The number of hydrogen-bond acceptors (Lipinski definition) is 3. The van der Waals surface area contributed by atoms with Crippen LogP contribution in [0.25, 0.3) is 16.7 Å². The van der Waals surface area contributed by atoms with Crippen molar-refractivity contribution in [2.75, 3.05) is 0 Å². The first kappa shape index (κ1) is 11.2. The van der Waals surface area contributed by atoms with E-state index in [9.17, 15) is 0 Å². The first-order valence-electron chi connectivity index (χ1n) is 6.18. The molecule has 0 aliphatic heterocycles. The second-order valence-corrected chi connectivity index (χ2v) is 5.14. The quantitative estimate of drug-likeness (QED) is 0.659. The Kier molecular flexibility index (Phi) is 2.20. The molecule has 0 aliphatic carbocycles. The van der Waals surface area contributed by atoms with Crippen LogP contribution in [0, 0.1) is 13.8 Å². The third kappa shape index (κ3) is 1.30. The zero-order valence-corrected chi connectivity index (χ0v) is 11.4. The Morgan fingerprint density at radius 2 is 1.89 bits per heavy atom. The van der Waals surface area contributed by atoms with E-state index >= 15 is 0 Å². The first-order valence-corrected chi connectivity index (χ1v) is 6.18. The summed E-state index contributed by atoms with van der Waals surface area (Å²) in [5.41, 5.74) is 4.23. The normalized spacial score (nSPS) is 12.1. The third-order valence-electron chi connectivity index (χ3n) is 3.37. The molecule has 0 saturated carbocycles. The van der Waals surface area contributed by atoms with Gasteiger partial charge in [-0.2, -0.15) is 5.10 Å². The molecule has 0 bridgehead atoms. The average Bonchev–Trinajstić information content (AvgIpc) is 2.80. The molecule has 5 nitrogen and oxygen atoms in total. The molecule has 0 aromatic carbocycles. The summed E-state index contributed by atoms with van der Waals surface area (Å²) in [5, 5.41) is 14.3. The standard InChI is InChI=1S/C13H17N5/c1-7(2)12-15-14-10-6-8(3)11-9(4)16-17(5)13(11)18(10)12/h6-7H,1-5H3. The van der Waals surface area contributed by atoms with E-state index in [4.69, 9.17) is 0 Å². The van der Waals surface area contributed by atoms with E-state index in [0.29, 0.717) is 5.92 Å². The van der Waals surface area contributed by atoms with E-state index in [2.05, 4.69) is 46.5 Å². The van der Waals surface area contributed by atoms with E-state index in [-0.39, 0.29) is 0 Å². The van der Waals surface area contributed by atoms with Crippen molar-refractivity contribution in [3.63, 3.8) is 0 Å². The smallest absolute Gasteiger partial charge is 0.162 e. The Labute approximate surface area is 105 Å². The second kappa shape index (κ2) is 3.54. The van der Waals surface area contributed by atoms with Gasteiger partial charge >= 0.3 is 0 Å². The predicted octanol–water partition coefficient (Wildman–Crippen LogP) is 2.36. The van der Waals surface area contributed by atoms with E-state index in [0.717, 1.165) is 22.8 Å². The van der Waals surface area contributed by atoms with Crippen LogP contribution in [0.5, 0.6) is 0 Å². The van der Waals surface area contributed by atoms with Crippen molar-refractivity contribution in [3.05, 3.63) is 23.1 Å². The molecular weight excluding hydrogens is 226 g/mol. The van der Waals surface area contributed by atoms with Crippen molar-refractivity contribution in [2.24, 2.45) is 7.05 Å². The van der Waals surface area contributed by atoms with E-state index in [1.807, 2.05) is 18.7 Å². The maximum atomic E-state index is 4.52. The highest BCUT2D eigenvalue weighted by Gasteiger charge is 2.17. The molecule has 0 amide bonds.